The average Bonchev–Trinajstić information content (AvgIpc) is 3.26. The van der Waals surface area contributed by atoms with Gasteiger partial charge in [-0.1, -0.05) is 29.5 Å². The fraction of sp³-hybridized carbons (Fsp3) is 0.348. The summed E-state index contributed by atoms with van der Waals surface area (Å²) in [4.78, 5) is 17.0. The molecule has 0 N–H and O–H groups in total. The first kappa shape index (κ1) is 21.2. The highest BCUT2D eigenvalue weighted by molar-refractivity contribution is 7.99. The van der Waals surface area contributed by atoms with Crippen LogP contribution < -0.4 is 9.64 Å². The van der Waals surface area contributed by atoms with Crippen LogP contribution in [0.25, 0.3) is 5.69 Å². The first-order chi connectivity index (χ1) is 15.0. The lowest BCUT2D eigenvalue weighted by molar-refractivity contribution is -0.128. The van der Waals surface area contributed by atoms with Crippen molar-refractivity contribution in [2.45, 2.75) is 19.0 Å². The topological polar surface area (TPSA) is 63.5 Å². The second-order valence-electron chi connectivity index (χ2n) is 7.63. The number of aromatic nitrogens is 3. The summed E-state index contributed by atoms with van der Waals surface area (Å²) >= 11 is 1.44. The molecule has 162 valence electrons. The molecule has 3 aromatic rings. The normalized spacial score (nSPS) is 14.0. The van der Waals surface area contributed by atoms with Gasteiger partial charge in [0, 0.05) is 31.9 Å². The Morgan fingerprint density at radius 1 is 1.06 bits per heavy atom. The molecule has 1 aliphatic heterocycles. The highest BCUT2D eigenvalue weighted by Gasteiger charge is 2.22. The van der Waals surface area contributed by atoms with Crippen LogP contribution in [0, 0.1) is 13.8 Å². The number of benzene rings is 2. The number of thioether (sulfide) groups is 1. The van der Waals surface area contributed by atoms with E-state index >= 15 is 0 Å². The van der Waals surface area contributed by atoms with E-state index in [0.717, 1.165) is 54.0 Å². The molecule has 0 atom stereocenters. The predicted molar refractivity (Wildman–Crippen MR) is 123 cm³/mol. The van der Waals surface area contributed by atoms with E-state index in [1.165, 1.54) is 17.3 Å². The zero-order chi connectivity index (χ0) is 21.8. The number of nitrogens with zero attached hydrogens (tertiary/aromatic N) is 5. The van der Waals surface area contributed by atoms with Crippen LogP contribution in [0.5, 0.6) is 5.75 Å². The molecule has 7 nitrogen and oxygen atoms in total. The molecule has 0 radical (unpaired) electrons. The maximum atomic E-state index is 12.8. The van der Waals surface area contributed by atoms with Crippen LogP contribution in [0.3, 0.4) is 0 Å². The van der Waals surface area contributed by atoms with E-state index in [2.05, 4.69) is 59.3 Å². The zero-order valence-corrected chi connectivity index (χ0v) is 18.9. The van der Waals surface area contributed by atoms with Crippen molar-refractivity contribution in [2.75, 3.05) is 43.9 Å². The monoisotopic (exact) mass is 437 g/mol. The molecule has 1 aliphatic rings. The van der Waals surface area contributed by atoms with Gasteiger partial charge in [0.2, 0.25) is 5.91 Å². The van der Waals surface area contributed by atoms with Crippen LogP contribution in [0.4, 0.5) is 5.69 Å². The van der Waals surface area contributed by atoms with Crippen molar-refractivity contribution in [3.63, 3.8) is 0 Å². The minimum absolute atomic E-state index is 0.134. The second-order valence-corrected chi connectivity index (χ2v) is 8.57. The van der Waals surface area contributed by atoms with E-state index in [1.54, 1.807) is 13.4 Å². The number of methoxy groups -OCH3 is 1. The Bertz CT molecular complexity index is 1040. The van der Waals surface area contributed by atoms with Gasteiger partial charge in [-0.05, 0) is 49.7 Å². The van der Waals surface area contributed by atoms with Gasteiger partial charge in [-0.15, -0.1) is 10.2 Å². The minimum Gasteiger partial charge on any atom is -0.497 e. The van der Waals surface area contributed by atoms with Crippen LogP contribution in [0.15, 0.2) is 53.9 Å². The molecular formula is C23H27N5O2S. The number of piperazine rings is 1. The first-order valence-electron chi connectivity index (χ1n) is 10.3. The lowest BCUT2D eigenvalue weighted by Crippen LogP contribution is -2.49. The van der Waals surface area contributed by atoms with Crippen molar-refractivity contribution in [3.05, 3.63) is 59.9 Å². The molecule has 1 aromatic heterocycles. The van der Waals surface area contributed by atoms with Gasteiger partial charge in [0.1, 0.15) is 12.1 Å². The number of anilines is 1. The summed E-state index contributed by atoms with van der Waals surface area (Å²) in [7, 11) is 1.67. The van der Waals surface area contributed by atoms with Crippen molar-refractivity contribution in [2.24, 2.45) is 0 Å². The van der Waals surface area contributed by atoms with E-state index in [1.807, 2.05) is 21.6 Å². The van der Waals surface area contributed by atoms with Crippen molar-refractivity contribution in [1.29, 1.82) is 0 Å². The van der Waals surface area contributed by atoms with Gasteiger partial charge in [-0.25, -0.2) is 0 Å². The molecule has 0 aliphatic carbocycles. The molecule has 8 heteroatoms. The third kappa shape index (κ3) is 4.85. The zero-order valence-electron chi connectivity index (χ0n) is 18.1. The summed E-state index contributed by atoms with van der Waals surface area (Å²) < 4.78 is 7.18. The third-order valence-electron chi connectivity index (χ3n) is 5.52. The van der Waals surface area contributed by atoms with Crippen LogP contribution >= 0.6 is 11.8 Å². The Morgan fingerprint density at radius 3 is 2.48 bits per heavy atom. The SMILES string of the molecule is COc1ccc(N2CCN(C(=O)CSc3nncn3-c3ccc(C)cc3C)CC2)cc1. The lowest BCUT2D eigenvalue weighted by atomic mass is 10.1. The molecule has 0 unspecified atom stereocenters. The second kappa shape index (κ2) is 9.43. The van der Waals surface area contributed by atoms with E-state index in [-0.39, 0.29) is 5.91 Å². The van der Waals surface area contributed by atoms with E-state index in [4.69, 9.17) is 4.74 Å². The molecule has 0 saturated carbocycles. The van der Waals surface area contributed by atoms with Gasteiger partial charge < -0.3 is 14.5 Å². The molecule has 2 aromatic carbocycles. The fourth-order valence-electron chi connectivity index (χ4n) is 3.79. The van der Waals surface area contributed by atoms with E-state index < -0.39 is 0 Å². The lowest BCUT2D eigenvalue weighted by Gasteiger charge is -2.36. The van der Waals surface area contributed by atoms with Crippen molar-refractivity contribution < 1.29 is 9.53 Å². The summed E-state index contributed by atoms with van der Waals surface area (Å²) in [5, 5.41) is 9.02. The quantitative estimate of drug-likeness (QED) is 0.551. The first-order valence-corrected chi connectivity index (χ1v) is 11.3. The predicted octanol–water partition coefficient (Wildman–Crippen LogP) is 3.33. The molecule has 0 bridgehead atoms. The molecule has 1 fully saturated rings. The van der Waals surface area contributed by atoms with Gasteiger partial charge in [0.05, 0.1) is 18.6 Å². The van der Waals surface area contributed by atoms with Crippen LogP contribution in [0.1, 0.15) is 11.1 Å². The number of hydrogen-bond donors (Lipinski definition) is 0. The molecular weight excluding hydrogens is 410 g/mol. The number of aryl methyl sites for hydroxylation is 2. The highest BCUT2D eigenvalue weighted by atomic mass is 32.2. The molecule has 2 heterocycles. The summed E-state index contributed by atoms with van der Waals surface area (Å²) in [6, 6.07) is 14.3. The van der Waals surface area contributed by atoms with E-state index in [9.17, 15) is 4.79 Å². The number of amides is 1. The Labute approximate surface area is 187 Å². The Morgan fingerprint density at radius 2 is 1.81 bits per heavy atom. The molecule has 0 spiro atoms. The van der Waals surface area contributed by atoms with E-state index in [0.29, 0.717) is 5.75 Å². The number of rotatable bonds is 6. The largest absolute Gasteiger partial charge is 0.497 e. The number of hydrogen-bond acceptors (Lipinski definition) is 6. The minimum atomic E-state index is 0.134. The summed E-state index contributed by atoms with van der Waals surface area (Å²) in [5.41, 5.74) is 4.57. The van der Waals surface area contributed by atoms with Gasteiger partial charge in [0.15, 0.2) is 5.16 Å². The summed E-state index contributed by atoms with van der Waals surface area (Å²) in [5.74, 6) is 1.34. The van der Waals surface area contributed by atoms with Gasteiger partial charge >= 0.3 is 0 Å². The van der Waals surface area contributed by atoms with Crippen LogP contribution in [-0.4, -0.2) is 64.6 Å². The van der Waals surface area contributed by atoms with Crippen LogP contribution in [0.2, 0.25) is 0 Å². The smallest absolute Gasteiger partial charge is 0.233 e. The third-order valence-corrected chi connectivity index (χ3v) is 6.45. The van der Waals surface area contributed by atoms with Gasteiger partial charge in [-0.2, -0.15) is 0 Å². The Kier molecular flexibility index (Phi) is 6.46. The summed E-state index contributed by atoms with van der Waals surface area (Å²) in [6.07, 6.45) is 1.71. The standard InChI is InChI=1S/C23H27N5O2S/c1-17-4-9-21(18(2)14-17)28-16-24-25-23(28)31-15-22(29)27-12-10-26(11-13-27)19-5-7-20(30-3)8-6-19/h4-9,14,16H,10-13,15H2,1-3H3. The van der Waals surface area contributed by atoms with Crippen molar-refractivity contribution in [1.82, 2.24) is 19.7 Å². The average molecular weight is 438 g/mol. The molecule has 31 heavy (non-hydrogen) atoms. The van der Waals surface area contributed by atoms with Crippen LogP contribution in [-0.2, 0) is 4.79 Å². The van der Waals surface area contributed by atoms with Gasteiger partial charge in [-0.3, -0.25) is 9.36 Å². The Hall–Kier alpha value is -3.00. The van der Waals surface area contributed by atoms with Crippen molar-refractivity contribution >= 4 is 23.4 Å². The Balaban J connectivity index is 1.33. The fourth-order valence-corrected chi connectivity index (χ4v) is 4.61. The maximum absolute atomic E-state index is 12.8. The van der Waals surface area contributed by atoms with Crippen molar-refractivity contribution in [3.8, 4) is 11.4 Å². The number of carbonyl (C=O) groups is 1. The molecule has 1 saturated heterocycles. The molecule has 1 amide bonds. The number of ether oxygens (including phenoxy) is 1. The molecule has 4 rings (SSSR count). The maximum Gasteiger partial charge on any atom is 0.233 e. The highest BCUT2D eigenvalue weighted by Crippen LogP contribution is 2.24. The van der Waals surface area contributed by atoms with Gasteiger partial charge in [0.25, 0.3) is 0 Å². The summed E-state index contributed by atoms with van der Waals surface area (Å²) in [6.45, 7) is 7.23. The number of carbonyl (C=O) groups excluding carboxylic acids is 1.